The van der Waals surface area contributed by atoms with Crippen LogP contribution in [0.4, 0.5) is 0 Å². The Morgan fingerprint density at radius 3 is 2.86 bits per heavy atom. The predicted molar refractivity (Wildman–Crippen MR) is 59.6 cm³/mol. The third-order valence-corrected chi connectivity index (χ3v) is 3.22. The Morgan fingerprint density at radius 1 is 1.64 bits per heavy atom. The second kappa shape index (κ2) is 5.07. The Hall–Kier alpha value is -0.160. The summed E-state index contributed by atoms with van der Waals surface area (Å²) in [4.78, 5) is 0. The maximum Gasteiger partial charge on any atom is 0.193 e. The molecule has 1 atom stereocenters. The topological polar surface area (TPSA) is 59.4 Å². The van der Waals surface area contributed by atoms with Gasteiger partial charge in [-0.3, -0.25) is 0 Å². The second-order valence-electron chi connectivity index (χ2n) is 3.51. The third kappa shape index (κ3) is 3.92. The van der Waals surface area contributed by atoms with Gasteiger partial charge < -0.3 is 15.3 Å². The molecule has 0 saturated carbocycles. The zero-order chi connectivity index (χ0) is 10.6. The van der Waals surface area contributed by atoms with Crippen molar-refractivity contribution in [2.24, 2.45) is 5.73 Å². The first-order valence-corrected chi connectivity index (χ1v) is 5.78. The van der Waals surface area contributed by atoms with Crippen molar-refractivity contribution in [3.05, 3.63) is 23.1 Å². The fourth-order valence-corrected chi connectivity index (χ4v) is 2.04. The smallest absolute Gasteiger partial charge is 0.193 e. The maximum atomic E-state index is 8.91. The fourth-order valence-electron chi connectivity index (χ4n) is 0.860. The quantitative estimate of drug-likeness (QED) is 0.818. The summed E-state index contributed by atoms with van der Waals surface area (Å²) in [5.41, 5.74) is 5.23. The van der Waals surface area contributed by atoms with E-state index in [1.165, 1.54) is 0 Å². The molecule has 0 spiro atoms. The Morgan fingerprint density at radius 2 is 2.36 bits per heavy atom. The average molecular weight is 236 g/mol. The highest BCUT2D eigenvalue weighted by atomic mass is 35.5. The van der Waals surface area contributed by atoms with Crippen LogP contribution in [0.25, 0.3) is 0 Å². The highest BCUT2D eigenvalue weighted by molar-refractivity contribution is 7.98. The molecule has 0 aliphatic rings. The first-order valence-electron chi connectivity index (χ1n) is 4.25. The molecular formula is C9H14ClNO2S. The summed E-state index contributed by atoms with van der Waals surface area (Å²) in [6.45, 7) is 1.80. The van der Waals surface area contributed by atoms with Crippen LogP contribution < -0.4 is 5.73 Å². The van der Waals surface area contributed by atoms with Gasteiger partial charge in [0.1, 0.15) is 5.76 Å². The number of furan rings is 1. The lowest BCUT2D eigenvalue weighted by molar-refractivity contribution is 0.224. The van der Waals surface area contributed by atoms with Crippen molar-refractivity contribution in [2.75, 3.05) is 12.4 Å². The van der Waals surface area contributed by atoms with Crippen LogP contribution in [0.5, 0.6) is 0 Å². The van der Waals surface area contributed by atoms with Crippen LogP contribution in [0.15, 0.2) is 16.5 Å². The van der Waals surface area contributed by atoms with Gasteiger partial charge in [-0.2, -0.15) is 11.8 Å². The van der Waals surface area contributed by atoms with Crippen molar-refractivity contribution in [3.63, 3.8) is 0 Å². The van der Waals surface area contributed by atoms with Gasteiger partial charge in [0.05, 0.1) is 12.4 Å². The predicted octanol–water partition coefficient (Wildman–Crippen LogP) is 1.88. The van der Waals surface area contributed by atoms with Gasteiger partial charge in [0, 0.05) is 11.3 Å². The number of thioether (sulfide) groups is 1. The zero-order valence-corrected chi connectivity index (χ0v) is 9.57. The number of hydrogen-bond acceptors (Lipinski definition) is 4. The molecule has 0 saturated heterocycles. The first kappa shape index (κ1) is 11.9. The lowest BCUT2D eigenvalue weighted by atomic mass is 10.1. The van der Waals surface area contributed by atoms with Gasteiger partial charge in [-0.25, -0.2) is 0 Å². The highest BCUT2D eigenvalue weighted by Crippen LogP contribution is 2.20. The lowest BCUT2D eigenvalue weighted by Crippen LogP contribution is -2.42. The van der Waals surface area contributed by atoms with Gasteiger partial charge in [0.15, 0.2) is 5.22 Å². The van der Waals surface area contributed by atoms with Crippen LogP contribution in [0.3, 0.4) is 0 Å². The van der Waals surface area contributed by atoms with Crippen LogP contribution in [0.2, 0.25) is 5.22 Å². The second-order valence-corrected chi connectivity index (χ2v) is 4.87. The Kier molecular flexibility index (Phi) is 4.31. The number of halogens is 1. The molecule has 0 amide bonds. The minimum atomic E-state index is -0.527. The molecule has 0 aromatic carbocycles. The molecule has 1 rings (SSSR count). The van der Waals surface area contributed by atoms with E-state index in [2.05, 4.69) is 0 Å². The minimum absolute atomic E-state index is 0.0150. The zero-order valence-electron chi connectivity index (χ0n) is 8.00. The molecule has 0 radical (unpaired) electrons. The molecule has 0 aliphatic carbocycles. The van der Waals surface area contributed by atoms with Crippen LogP contribution in [-0.4, -0.2) is 23.0 Å². The van der Waals surface area contributed by atoms with E-state index < -0.39 is 5.54 Å². The molecule has 3 N–H and O–H groups in total. The van der Waals surface area contributed by atoms with Crippen molar-refractivity contribution in [1.82, 2.24) is 0 Å². The number of rotatable bonds is 5. The summed E-state index contributed by atoms with van der Waals surface area (Å²) < 4.78 is 5.17. The first-order chi connectivity index (χ1) is 6.53. The van der Waals surface area contributed by atoms with Crippen molar-refractivity contribution in [1.29, 1.82) is 0 Å². The van der Waals surface area contributed by atoms with E-state index >= 15 is 0 Å². The van der Waals surface area contributed by atoms with Crippen LogP contribution in [-0.2, 0) is 5.75 Å². The van der Waals surface area contributed by atoms with Gasteiger partial charge in [-0.1, -0.05) is 0 Å². The van der Waals surface area contributed by atoms with Crippen LogP contribution in [0.1, 0.15) is 12.7 Å². The van der Waals surface area contributed by atoms with E-state index in [0.29, 0.717) is 11.0 Å². The standard InChI is InChI=1S/C9H14ClNO2S/c1-9(11,5-12)6-14-4-7-2-3-8(10)13-7/h2-3,12H,4-6,11H2,1H3. The van der Waals surface area contributed by atoms with E-state index in [1.807, 2.05) is 13.0 Å². The van der Waals surface area contributed by atoms with E-state index in [1.54, 1.807) is 17.8 Å². The molecule has 1 unspecified atom stereocenters. The Bertz CT molecular complexity index is 288. The molecule has 0 fully saturated rings. The summed E-state index contributed by atoms with van der Waals surface area (Å²) in [5.74, 6) is 2.23. The Labute approximate surface area is 92.6 Å². The van der Waals surface area contributed by atoms with Crippen molar-refractivity contribution in [3.8, 4) is 0 Å². The van der Waals surface area contributed by atoms with E-state index in [9.17, 15) is 0 Å². The van der Waals surface area contributed by atoms with Crippen LogP contribution in [0, 0.1) is 0 Å². The molecular weight excluding hydrogens is 222 g/mol. The number of aliphatic hydroxyl groups is 1. The number of hydrogen-bond donors (Lipinski definition) is 2. The van der Waals surface area contributed by atoms with Crippen molar-refractivity contribution in [2.45, 2.75) is 18.2 Å². The molecule has 1 heterocycles. The molecule has 80 valence electrons. The molecule has 14 heavy (non-hydrogen) atoms. The van der Waals surface area contributed by atoms with Gasteiger partial charge >= 0.3 is 0 Å². The minimum Gasteiger partial charge on any atom is -0.449 e. The summed E-state index contributed by atoms with van der Waals surface area (Å²) in [6.07, 6.45) is 0. The molecule has 3 nitrogen and oxygen atoms in total. The summed E-state index contributed by atoms with van der Waals surface area (Å²) in [5, 5.41) is 9.31. The third-order valence-electron chi connectivity index (χ3n) is 1.67. The van der Waals surface area contributed by atoms with Gasteiger partial charge in [-0.15, -0.1) is 0 Å². The summed E-state index contributed by atoms with van der Waals surface area (Å²) in [6, 6.07) is 3.55. The van der Waals surface area contributed by atoms with E-state index in [0.717, 1.165) is 11.5 Å². The number of aliphatic hydroxyl groups excluding tert-OH is 1. The van der Waals surface area contributed by atoms with E-state index in [-0.39, 0.29) is 6.61 Å². The highest BCUT2D eigenvalue weighted by Gasteiger charge is 2.16. The fraction of sp³-hybridized carbons (Fsp3) is 0.556. The van der Waals surface area contributed by atoms with Gasteiger partial charge in [0.2, 0.25) is 0 Å². The summed E-state index contributed by atoms with van der Waals surface area (Å²) >= 11 is 7.23. The molecule has 1 aromatic heterocycles. The SMILES string of the molecule is CC(N)(CO)CSCc1ccc(Cl)o1. The van der Waals surface area contributed by atoms with Crippen molar-refractivity contribution < 1.29 is 9.52 Å². The van der Waals surface area contributed by atoms with Gasteiger partial charge in [-0.05, 0) is 30.7 Å². The van der Waals surface area contributed by atoms with Crippen molar-refractivity contribution >= 4 is 23.4 Å². The van der Waals surface area contributed by atoms with Crippen LogP contribution >= 0.6 is 23.4 Å². The molecule has 0 bridgehead atoms. The van der Waals surface area contributed by atoms with Gasteiger partial charge in [0.25, 0.3) is 0 Å². The number of nitrogens with two attached hydrogens (primary N) is 1. The lowest BCUT2D eigenvalue weighted by Gasteiger charge is -2.20. The maximum absolute atomic E-state index is 8.91. The molecule has 5 heteroatoms. The normalized spacial score (nSPS) is 15.4. The van der Waals surface area contributed by atoms with E-state index in [4.69, 9.17) is 26.9 Å². The monoisotopic (exact) mass is 235 g/mol. The Balaban J connectivity index is 2.28. The summed E-state index contributed by atoms with van der Waals surface area (Å²) in [7, 11) is 0. The molecule has 1 aromatic rings. The largest absolute Gasteiger partial charge is 0.449 e. The molecule has 0 aliphatic heterocycles. The average Bonchev–Trinajstić information content (AvgIpc) is 2.51.